The molecule has 3 N–H and O–H groups in total. The molecule has 2 heterocycles. The number of nitrogens with one attached hydrogen (secondary N) is 2. The second-order valence-corrected chi connectivity index (χ2v) is 7.20. The van der Waals surface area contributed by atoms with Crippen LogP contribution in [0.1, 0.15) is 64.0 Å². The van der Waals surface area contributed by atoms with Gasteiger partial charge in [0.2, 0.25) is 11.8 Å². The number of aryl methyl sites for hydroxylation is 1. The number of amides is 2. The molecule has 0 saturated heterocycles. The van der Waals surface area contributed by atoms with Crippen LogP contribution in [-0.4, -0.2) is 68.0 Å². The number of aromatic nitrogens is 6. The van der Waals surface area contributed by atoms with Gasteiger partial charge in [-0.25, -0.2) is 9.36 Å². The Kier molecular flexibility index (Phi) is 13.6. The molecule has 2 aromatic rings. The summed E-state index contributed by atoms with van der Waals surface area (Å²) in [5.41, 5.74) is 1.79. The second-order valence-electron chi connectivity index (χ2n) is 7.20. The highest BCUT2D eigenvalue weighted by Gasteiger charge is 2.07. The lowest BCUT2D eigenvalue weighted by Crippen LogP contribution is -2.19. The Labute approximate surface area is 183 Å². The number of carbonyl (C=O) groups is 2. The van der Waals surface area contributed by atoms with Crippen molar-refractivity contribution in [1.29, 1.82) is 0 Å². The molecule has 2 rings (SSSR count). The third-order valence-electron chi connectivity index (χ3n) is 4.11. The van der Waals surface area contributed by atoms with E-state index in [1.807, 2.05) is 33.9 Å². The third-order valence-corrected chi connectivity index (χ3v) is 4.11. The molecular weight excluding hydrogens is 404 g/mol. The van der Waals surface area contributed by atoms with Crippen LogP contribution < -0.4 is 10.6 Å². The van der Waals surface area contributed by atoms with Crippen molar-refractivity contribution in [2.45, 2.75) is 65.6 Å². The molecule has 0 fully saturated rings. The van der Waals surface area contributed by atoms with Crippen LogP contribution in [0.2, 0.25) is 0 Å². The van der Waals surface area contributed by atoms with Gasteiger partial charge in [0.25, 0.3) is 0 Å². The molecule has 0 aliphatic rings. The molecule has 2 aromatic heterocycles. The summed E-state index contributed by atoms with van der Waals surface area (Å²) in [4.78, 5) is 21.9. The van der Waals surface area contributed by atoms with Gasteiger partial charge in [-0.2, -0.15) is 0 Å². The highest BCUT2D eigenvalue weighted by molar-refractivity contribution is 5.75. The number of ether oxygens (including phenoxy) is 1. The number of hydrogen-bond donors (Lipinski definition) is 2. The maximum atomic E-state index is 11.0. The van der Waals surface area contributed by atoms with Crippen molar-refractivity contribution in [3.63, 3.8) is 0 Å². The van der Waals surface area contributed by atoms with Crippen LogP contribution in [0.3, 0.4) is 0 Å². The Balaban J connectivity index is 0.000000567. The van der Waals surface area contributed by atoms with E-state index in [1.165, 1.54) is 0 Å². The fourth-order valence-electron chi connectivity index (χ4n) is 2.32. The second kappa shape index (κ2) is 15.0. The highest BCUT2D eigenvalue weighted by atomic mass is 16.5. The molecule has 0 aliphatic carbocycles. The normalized spacial score (nSPS) is 10.3. The number of hydrogen-bond acceptors (Lipinski definition) is 8. The molecule has 12 heteroatoms. The van der Waals surface area contributed by atoms with E-state index in [4.69, 9.17) is 4.74 Å². The molecule has 31 heavy (non-hydrogen) atoms. The summed E-state index contributed by atoms with van der Waals surface area (Å²) in [6.07, 6.45) is 5.05. The van der Waals surface area contributed by atoms with E-state index in [0.29, 0.717) is 38.5 Å². The molecule has 12 nitrogen and oxygen atoms in total. The first-order chi connectivity index (χ1) is 14.3. The van der Waals surface area contributed by atoms with E-state index in [2.05, 4.69) is 31.3 Å². The quantitative estimate of drug-likeness (QED) is 0.516. The van der Waals surface area contributed by atoms with Gasteiger partial charge in [0.1, 0.15) is 0 Å². The maximum Gasteiger partial charge on any atom is 0.222 e. The lowest BCUT2D eigenvalue weighted by molar-refractivity contribution is -0.122. The largest absolute Gasteiger partial charge is 0.870 e. The van der Waals surface area contributed by atoms with Crippen molar-refractivity contribution in [3.05, 3.63) is 23.8 Å². The first kappa shape index (κ1) is 28.1. The fourth-order valence-corrected chi connectivity index (χ4v) is 2.32. The molecule has 0 spiro atoms. The zero-order valence-electron chi connectivity index (χ0n) is 19.2. The van der Waals surface area contributed by atoms with Crippen molar-refractivity contribution in [2.75, 3.05) is 20.7 Å². The van der Waals surface area contributed by atoms with Crippen LogP contribution in [0.4, 0.5) is 0 Å². The average molecular weight is 440 g/mol. The summed E-state index contributed by atoms with van der Waals surface area (Å²) in [5, 5.41) is 20.8. The van der Waals surface area contributed by atoms with Crippen molar-refractivity contribution < 1.29 is 19.8 Å². The Morgan fingerprint density at radius 3 is 2.23 bits per heavy atom. The van der Waals surface area contributed by atoms with Gasteiger partial charge in [-0.1, -0.05) is 10.4 Å². The Morgan fingerprint density at radius 2 is 1.68 bits per heavy atom. The Morgan fingerprint density at radius 1 is 1.03 bits per heavy atom. The first-order valence-electron chi connectivity index (χ1n) is 10.1. The first-order valence-corrected chi connectivity index (χ1v) is 10.1. The van der Waals surface area contributed by atoms with Gasteiger partial charge >= 0.3 is 0 Å². The predicted molar refractivity (Wildman–Crippen MR) is 113 cm³/mol. The van der Waals surface area contributed by atoms with Crippen LogP contribution in [0, 0.1) is 0 Å². The van der Waals surface area contributed by atoms with Gasteiger partial charge in [-0.3, -0.25) is 9.59 Å². The maximum absolute atomic E-state index is 11.0. The van der Waals surface area contributed by atoms with Crippen LogP contribution in [-0.2, 0) is 27.4 Å². The fraction of sp³-hybridized carbons (Fsp3) is 0.684. The lowest BCUT2D eigenvalue weighted by Gasteiger charge is -2.09. The van der Waals surface area contributed by atoms with Gasteiger partial charge in [0.15, 0.2) is 0 Å². The molecule has 0 aromatic carbocycles. The van der Waals surface area contributed by atoms with Crippen molar-refractivity contribution in [3.8, 4) is 0 Å². The third kappa shape index (κ3) is 10.6. The van der Waals surface area contributed by atoms with Gasteiger partial charge in [0.05, 0.1) is 30.8 Å². The summed E-state index contributed by atoms with van der Waals surface area (Å²) in [5.74, 6) is 0.0135. The molecule has 0 atom stereocenters. The van der Waals surface area contributed by atoms with Crippen molar-refractivity contribution in [2.24, 2.45) is 0 Å². The topological polar surface area (TPSA) is 159 Å². The van der Waals surface area contributed by atoms with E-state index in [0.717, 1.165) is 11.4 Å². The van der Waals surface area contributed by atoms with Gasteiger partial charge in [-0.05, 0) is 27.7 Å². The van der Waals surface area contributed by atoms with Crippen LogP contribution in [0.15, 0.2) is 12.4 Å². The molecule has 0 bridgehead atoms. The van der Waals surface area contributed by atoms with E-state index in [1.54, 1.807) is 29.7 Å². The van der Waals surface area contributed by atoms with E-state index < -0.39 is 0 Å². The van der Waals surface area contributed by atoms with Crippen LogP contribution >= 0.6 is 0 Å². The Hall–Kier alpha value is -2.86. The number of rotatable bonds is 10. The summed E-state index contributed by atoms with van der Waals surface area (Å²) in [6.45, 7) is 8.98. The molecule has 2 amide bonds. The highest BCUT2D eigenvalue weighted by Crippen LogP contribution is 2.07. The number of nitrogens with zero attached hydrogens (tertiary/aromatic N) is 6. The summed E-state index contributed by atoms with van der Waals surface area (Å²) in [6, 6.07) is 0.580. The van der Waals surface area contributed by atoms with Crippen LogP contribution in [0.25, 0.3) is 0 Å². The predicted octanol–water partition coefficient (Wildman–Crippen LogP) is 0.873. The minimum atomic E-state index is -0.0181. The van der Waals surface area contributed by atoms with Crippen molar-refractivity contribution >= 4 is 11.8 Å². The van der Waals surface area contributed by atoms with Gasteiger partial charge in [0, 0.05) is 51.6 Å². The molecule has 176 valence electrons. The smallest absolute Gasteiger partial charge is 0.222 e. The Bertz CT molecular complexity index is 773. The van der Waals surface area contributed by atoms with Gasteiger partial charge < -0.3 is 20.8 Å². The zero-order chi connectivity index (χ0) is 22.5. The summed E-state index contributed by atoms with van der Waals surface area (Å²) < 4.78 is 8.98. The molecule has 0 aliphatic heterocycles. The molecule has 0 saturated carbocycles. The standard InChI is InChI=1S/C10H18N4O2.C9H16N4O.H2O/c1-8(2)14-9(6-12-13-14)7-16-5-4-10(15)11-3;1-7(2)13-6-8(11-12-13)4-5-9(14)10-3;/h6,8H,4-5,7H2,1-3H3,(H,11,15);6-7H,4-5H2,1-3H3,(H,10,14);1H2/p-1. The van der Waals surface area contributed by atoms with Gasteiger partial charge in [-0.15, -0.1) is 10.2 Å². The monoisotopic (exact) mass is 439 g/mol. The molecule has 0 unspecified atom stereocenters. The lowest BCUT2D eigenvalue weighted by atomic mass is 10.2. The molecular formula is C19H35N8O4-. The minimum Gasteiger partial charge on any atom is -0.870 e. The zero-order valence-corrected chi connectivity index (χ0v) is 19.2. The van der Waals surface area contributed by atoms with E-state index in [9.17, 15) is 9.59 Å². The average Bonchev–Trinajstić information content (AvgIpc) is 3.39. The summed E-state index contributed by atoms with van der Waals surface area (Å²) >= 11 is 0. The number of carbonyl (C=O) groups excluding carboxylic acids is 2. The van der Waals surface area contributed by atoms with E-state index in [-0.39, 0.29) is 23.3 Å². The molecule has 0 radical (unpaired) electrons. The van der Waals surface area contributed by atoms with E-state index >= 15 is 0 Å². The van der Waals surface area contributed by atoms with Crippen molar-refractivity contribution in [1.82, 2.24) is 40.6 Å². The van der Waals surface area contributed by atoms with Crippen LogP contribution in [0.5, 0.6) is 0 Å². The SMILES string of the molecule is CNC(=O)CCOCc1cnnn1C(C)C.CNC(=O)CCc1cn(C(C)C)nn1.[OH-]. The summed E-state index contributed by atoms with van der Waals surface area (Å²) in [7, 11) is 3.24. The minimum absolute atomic E-state index is 0.